The van der Waals surface area contributed by atoms with Gasteiger partial charge in [0.2, 0.25) is 0 Å². The molecule has 1 aromatic carbocycles. The van der Waals surface area contributed by atoms with Crippen LogP contribution in [-0.4, -0.2) is 23.0 Å². The minimum atomic E-state index is -1.23. The molecule has 0 fully saturated rings. The monoisotopic (exact) mass is 305 g/mol. The number of rotatable bonds is 5. The molecule has 0 saturated carbocycles. The summed E-state index contributed by atoms with van der Waals surface area (Å²) < 4.78 is 26.0. The lowest BCUT2D eigenvalue weighted by Crippen LogP contribution is -2.45. The van der Waals surface area contributed by atoms with E-state index in [0.717, 1.165) is 0 Å². The zero-order valence-electron chi connectivity index (χ0n) is 10.9. The molecule has 7 heteroatoms. The Morgan fingerprint density at radius 1 is 1.35 bits per heavy atom. The van der Waals surface area contributed by atoms with Crippen molar-refractivity contribution in [2.24, 2.45) is 5.92 Å². The third kappa shape index (κ3) is 3.66. The molecule has 0 aromatic heterocycles. The van der Waals surface area contributed by atoms with Gasteiger partial charge in [-0.15, -0.1) is 0 Å². The molecule has 0 aliphatic rings. The molecule has 2 atom stereocenters. The number of hydrogen-bond donors (Lipinski definition) is 2. The Labute approximate surface area is 119 Å². The van der Waals surface area contributed by atoms with Gasteiger partial charge in [0.25, 0.3) is 5.91 Å². The summed E-state index contributed by atoms with van der Waals surface area (Å²) in [5.74, 6) is -4.79. The predicted octanol–water partition coefficient (Wildman–Crippen LogP) is 2.85. The smallest absolute Gasteiger partial charge is 0.326 e. The third-order valence-corrected chi connectivity index (χ3v) is 3.33. The van der Waals surface area contributed by atoms with Gasteiger partial charge in [-0.2, -0.15) is 0 Å². The minimum absolute atomic E-state index is 0.283. The van der Waals surface area contributed by atoms with Crippen molar-refractivity contribution in [3.05, 3.63) is 34.4 Å². The lowest BCUT2D eigenvalue weighted by molar-refractivity contribution is -0.140. The maximum absolute atomic E-state index is 13.1. The molecule has 0 aliphatic heterocycles. The van der Waals surface area contributed by atoms with Gasteiger partial charge in [-0.05, 0) is 18.1 Å². The average Bonchev–Trinajstić information content (AvgIpc) is 2.38. The first-order valence-electron chi connectivity index (χ1n) is 5.96. The third-order valence-electron chi connectivity index (χ3n) is 3.02. The Balaban J connectivity index is 3.01. The van der Waals surface area contributed by atoms with Gasteiger partial charge in [-0.3, -0.25) is 4.79 Å². The normalized spacial score (nSPS) is 13.7. The Kier molecular flexibility index (Phi) is 5.44. The van der Waals surface area contributed by atoms with E-state index in [9.17, 15) is 18.4 Å². The molecule has 0 saturated heterocycles. The van der Waals surface area contributed by atoms with E-state index in [-0.39, 0.29) is 16.5 Å². The first-order chi connectivity index (χ1) is 9.27. The minimum Gasteiger partial charge on any atom is -0.480 e. The predicted molar refractivity (Wildman–Crippen MR) is 69.7 cm³/mol. The number of hydrogen-bond acceptors (Lipinski definition) is 2. The number of carboxylic acids is 1. The highest BCUT2D eigenvalue weighted by Crippen LogP contribution is 2.20. The summed E-state index contributed by atoms with van der Waals surface area (Å²) in [6.07, 6.45) is 0.531. The van der Waals surface area contributed by atoms with Crippen LogP contribution in [0.3, 0.4) is 0 Å². The van der Waals surface area contributed by atoms with E-state index in [1.54, 1.807) is 13.8 Å². The molecule has 0 bridgehead atoms. The summed E-state index contributed by atoms with van der Waals surface area (Å²) in [4.78, 5) is 23.0. The lowest BCUT2D eigenvalue weighted by Gasteiger charge is -2.20. The molecule has 0 heterocycles. The number of benzene rings is 1. The van der Waals surface area contributed by atoms with Crippen molar-refractivity contribution < 1.29 is 23.5 Å². The molecular formula is C13H14ClF2NO3. The zero-order chi connectivity index (χ0) is 15.4. The van der Waals surface area contributed by atoms with Crippen LogP contribution in [0, 0.1) is 17.6 Å². The van der Waals surface area contributed by atoms with Crippen LogP contribution in [0.1, 0.15) is 30.6 Å². The summed E-state index contributed by atoms with van der Waals surface area (Å²) in [5, 5.41) is 11.0. The fraction of sp³-hybridized carbons (Fsp3) is 0.385. The van der Waals surface area contributed by atoms with Crippen LogP contribution in [0.4, 0.5) is 8.78 Å². The summed E-state index contributed by atoms with van der Waals surface area (Å²) in [5.41, 5.74) is -0.305. The molecule has 110 valence electrons. The quantitative estimate of drug-likeness (QED) is 0.822. The van der Waals surface area contributed by atoms with Gasteiger partial charge in [0.15, 0.2) is 11.6 Å². The SMILES string of the molecule is CCC(C)C(NC(=O)c1cc(F)c(F)cc1Cl)C(=O)O. The van der Waals surface area contributed by atoms with Crippen molar-refractivity contribution in [2.45, 2.75) is 26.3 Å². The number of aliphatic carboxylic acids is 1. The van der Waals surface area contributed by atoms with Crippen LogP contribution >= 0.6 is 11.6 Å². The summed E-state index contributed by atoms with van der Waals surface area (Å²) >= 11 is 5.66. The van der Waals surface area contributed by atoms with Crippen LogP contribution in [0.5, 0.6) is 0 Å². The number of carboxylic acid groups (broad SMARTS) is 1. The number of halogens is 3. The van der Waals surface area contributed by atoms with Gasteiger partial charge >= 0.3 is 5.97 Å². The van der Waals surface area contributed by atoms with Crippen molar-refractivity contribution >= 4 is 23.5 Å². The van der Waals surface area contributed by atoms with Gasteiger partial charge in [0.1, 0.15) is 6.04 Å². The van der Waals surface area contributed by atoms with E-state index in [1.807, 2.05) is 0 Å². The van der Waals surface area contributed by atoms with Crippen molar-refractivity contribution in [1.82, 2.24) is 5.32 Å². The van der Waals surface area contributed by atoms with Crippen molar-refractivity contribution in [3.63, 3.8) is 0 Å². The summed E-state index contributed by atoms with van der Waals surface area (Å²) in [6.45, 7) is 3.43. The molecule has 4 nitrogen and oxygen atoms in total. The molecule has 2 N–H and O–H groups in total. The molecule has 1 rings (SSSR count). The van der Waals surface area contributed by atoms with E-state index < -0.39 is 29.6 Å². The van der Waals surface area contributed by atoms with Gasteiger partial charge in [0.05, 0.1) is 10.6 Å². The second-order valence-corrected chi connectivity index (χ2v) is 4.83. The summed E-state index contributed by atoms with van der Waals surface area (Å²) in [6, 6.07) is 0.185. The van der Waals surface area contributed by atoms with Crippen LogP contribution in [0.2, 0.25) is 5.02 Å². The Morgan fingerprint density at radius 2 is 1.90 bits per heavy atom. The first-order valence-corrected chi connectivity index (χ1v) is 6.33. The largest absolute Gasteiger partial charge is 0.480 e. The zero-order valence-corrected chi connectivity index (χ0v) is 11.7. The Hall–Kier alpha value is -1.69. The van der Waals surface area contributed by atoms with Crippen LogP contribution in [0.15, 0.2) is 12.1 Å². The van der Waals surface area contributed by atoms with Crippen molar-refractivity contribution in [2.75, 3.05) is 0 Å². The highest BCUT2D eigenvalue weighted by Gasteiger charge is 2.27. The highest BCUT2D eigenvalue weighted by molar-refractivity contribution is 6.33. The van der Waals surface area contributed by atoms with E-state index >= 15 is 0 Å². The first kappa shape index (κ1) is 16.4. The topological polar surface area (TPSA) is 66.4 Å². The Bertz CT molecular complexity index is 537. The Morgan fingerprint density at radius 3 is 2.40 bits per heavy atom. The maximum atomic E-state index is 13.1. The van der Waals surface area contributed by atoms with Gasteiger partial charge < -0.3 is 10.4 Å². The van der Waals surface area contributed by atoms with Gasteiger partial charge in [-0.25, -0.2) is 13.6 Å². The van der Waals surface area contributed by atoms with Gasteiger partial charge in [0, 0.05) is 0 Å². The summed E-state index contributed by atoms with van der Waals surface area (Å²) in [7, 11) is 0. The fourth-order valence-electron chi connectivity index (χ4n) is 1.60. The van der Waals surface area contributed by atoms with E-state index in [4.69, 9.17) is 16.7 Å². The molecule has 1 aromatic rings. The molecular weight excluding hydrogens is 292 g/mol. The maximum Gasteiger partial charge on any atom is 0.326 e. The standard InChI is InChI=1S/C13H14ClF2NO3/c1-3-6(2)11(13(19)20)17-12(18)7-4-9(15)10(16)5-8(7)14/h4-6,11H,3H2,1-2H3,(H,17,18)(H,19,20). The van der Waals surface area contributed by atoms with Crippen molar-refractivity contribution in [1.29, 1.82) is 0 Å². The number of carbonyl (C=O) groups excluding carboxylic acids is 1. The average molecular weight is 306 g/mol. The highest BCUT2D eigenvalue weighted by atomic mass is 35.5. The number of carbonyl (C=O) groups is 2. The second-order valence-electron chi connectivity index (χ2n) is 4.42. The van der Waals surface area contributed by atoms with Gasteiger partial charge in [-0.1, -0.05) is 31.9 Å². The van der Waals surface area contributed by atoms with E-state index in [2.05, 4.69) is 5.32 Å². The van der Waals surface area contributed by atoms with Crippen molar-refractivity contribution in [3.8, 4) is 0 Å². The molecule has 0 spiro atoms. The molecule has 0 aliphatic carbocycles. The van der Waals surface area contributed by atoms with Crippen LogP contribution in [0.25, 0.3) is 0 Å². The molecule has 1 amide bonds. The second kappa shape index (κ2) is 6.65. The van der Waals surface area contributed by atoms with Crippen LogP contribution < -0.4 is 5.32 Å². The molecule has 20 heavy (non-hydrogen) atoms. The molecule has 0 radical (unpaired) electrons. The van der Waals surface area contributed by atoms with E-state index in [0.29, 0.717) is 18.6 Å². The molecule has 2 unspecified atom stereocenters. The van der Waals surface area contributed by atoms with E-state index in [1.165, 1.54) is 0 Å². The lowest BCUT2D eigenvalue weighted by atomic mass is 9.99. The number of amides is 1. The van der Waals surface area contributed by atoms with Crippen LogP contribution in [-0.2, 0) is 4.79 Å². The fourth-order valence-corrected chi connectivity index (χ4v) is 1.83. The number of nitrogens with one attached hydrogen (secondary N) is 1.